The SMILES string of the molecule is CCO[Si](CCCCc1ccc(CBr)cc1)(OCC)OCC. The Morgan fingerprint density at radius 1 is 0.818 bits per heavy atom. The summed E-state index contributed by atoms with van der Waals surface area (Å²) in [6.45, 7) is 7.97. The zero-order chi connectivity index (χ0) is 16.3. The summed E-state index contributed by atoms with van der Waals surface area (Å²) in [7, 11) is -2.45. The highest BCUT2D eigenvalue weighted by Gasteiger charge is 2.39. The molecule has 0 atom stereocenters. The van der Waals surface area contributed by atoms with Gasteiger partial charge >= 0.3 is 8.80 Å². The average molecular weight is 389 g/mol. The molecule has 3 nitrogen and oxygen atoms in total. The molecule has 0 N–H and O–H groups in total. The third kappa shape index (κ3) is 6.92. The molecule has 1 aromatic carbocycles. The third-order valence-corrected chi connectivity index (χ3v) is 7.27. The molecule has 0 saturated heterocycles. The van der Waals surface area contributed by atoms with E-state index in [1.807, 2.05) is 20.8 Å². The van der Waals surface area contributed by atoms with Crippen molar-refractivity contribution in [3.05, 3.63) is 35.4 Å². The maximum atomic E-state index is 5.88. The normalized spacial score (nSPS) is 11.8. The first-order valence-corrected chi connectivity index (χ1v) is 11.3. The Balaban J connectivity index is 2.43. The quantitative estimate of drug-likeness (QED) is 0.288. The number of rotatable bonds is 12. The number of hydrogen-bond donors (Lipinski definition) is 0. The lowest BCUT2D eigenvalue weighted by atomic mass is 10.1. The van der Waals surface area contributed by atoms with Gasteiger partial charge in [-0.25, -0.2) is 0 Å². The number of unbranched alkanes of at least 4 members (excludes halogenated alkanes) is 1. The first-order valence-electron chi connectivity index (χ1n) is 8.25. The van der Waals surface area contributed by atoms with E-state index in [0.717, 1.165) is 30.6 Å². The van der Waals surface area contributed by atoms with Gasteiger partial charge in [-0.05, 0) is 51.2 Å². The first-order chi connectivity index (χ1) is 10.7. The van der Waals surface area contributed by atoms with E-state index >= 15 is 0 Å². The molecular weight excluding hydrogens is 360 g/mol. The third-order valence-electron chi connectivity index (χ3n) is 3.47. The zero-order valence-corrected chi connectivity index (χ0v) is 16.7. The van der Waals surface area contributed by atoms with Crippen molar-refractivity contribution in [3.63, 3.8) is 0 Å². The number of alkyl halides is 1. The van der Waals surface area contributed by atoms with Gasteiger partial charge in [0.15, 0.2) is 0 Å². The van der Waals surface area contributed by atoms with Crippen LogP contribution in [0.2, 0.25) is 6.04 Å². The van der Waals surface area contributed by atoms with Gasteiger partial charge in [0, 0.05) is 31.2 Å². The molecule has 0 aromatic heterocycles. The van der Waals surface area contributed by atoms with Crippen molar-refractivity contribution in [1.82, 2.24) is 0 Å². The summed E-state index contributed by atoms with van der Waals surface area (Å²) in [6.07, 6.45) is 3.31. The molecule has 5 heteroatoms. The van der Waals surface area contributed by atoms with Crippen LogP contribution in [-0.4, -0.2) is 28.6 Å². The van der Waals surface area contributed by atoms with Crippen molar-refractivity contribution < 1.29 is 13.3 Å². The zero-order valence-electron chi connectivity index (χ0n) is 14.1. The Hall–Kier alpha value is -0.203. The minimum Gasteiger partial charge on any atom is -0.374 e. The van der Waals surface area contributed by atoms with Gasteiger partial charge in [-0.2, -0.15) is 0 Å². The van der Waals surface area contributed by atoms with E-state index < -0.39 is 8.80 Å². The molecule has 0 aliphatic heterocycles. The highest BCUT2D eigenvalue weighted by atomic mass is 79.9. The van der Waals surface area contributed by atoms with Crippen molar-refractivity contribution in [2.45, 2.75) is 51.4 Å². The van der Waals surface area contributed by atoms with Crippen molar-refractivity contribution in [3.8, 4) is 0 Å². The van der Waals surface area contributed by atoms with Crippen LogP contribution in [0, 0.1) is 0 Å². The maximum Gasteiger partial charge on any atom is 0.500 e. The molecule has 0 heterocycles. The second-order valence-electron chi connectivity index (χ2n) is 5.14. The van der Waals surface area contributed by atoms with Crippen LogP contribution in [0.25, 0.3) is 0 Å². The van der Waals surface area contributed by atoms with Crippen LogP contribution >= 0.6 is 15.9 Å². The fourth-order valence-electron chi connectivity index (χ4n) is 2.47. The van der Waals surface area contributed by atoms with E-state index in [1.165, 1.54) is 11.1 Å². The van der Waals surface area contributed by atoms with Crippen molar-refractivity contribution >= 4 is 24.7 Å². The second-order valence-corrected chi connectivity index (χ2v) is 8.43. The van der Waals surface area contributed by atoms with Crippen LogP contribution in [-0.2, 0) is 25.0 Å². The summed E-state index contributed by atoms with van der Waals surface area (Å²) >= 11 is 3.47. The summed E-state index contributed by atoms with van der Waals surface area (Å²) in [5.41, 5.74) is 2.71. The number of benzene rings is 1. The second kappa shape index (κ2) is 11.4. The predicted octanol–water partition coefficient (Wildman–Crippen LogP) is 4.95. The van der Waals surface area contributed by atoms with E-state index in [0.29, 0.717) is 19.8 Å². The summed E-state index contributed by atoms with van der Waals surface area (Å²) in [5.74, 6) is 0. The van der Waals surface area contributed by atoms with Crippen LogP contribution < -0.4 is 0 Å². The van der Waals surface area contributed by atoms with Crippen LogP contribution in [0.1, 0.15) is 44.7 Å². The number of hydrogen-bond acceptors (Lipinski definition) is 3. The highest BCUT2D eigenvalue weighted by Crippen LogP contribution is 2.20. The lowest BCUT2D eigenvalue weighted by Crippen LogP contribution is -2.45. The molecule has 0 fully saturated rings. The molecule has 0 amide bonds. The highest BCUT2D eigenvalue weighted by molar-refractivity contribution is 9.08. The van der Waals surface area contributed by atoms with E-state index in [9.17, 15) is 0 Å². The van der Waals surface area contributed by atoms with E-state index in [-0.39, 0.29) is 0 Å². The Labute approximate surface area is 144 Å². The molecule has 22 heavy (non-hydrogen) atoms. The summed E-state index contributed by atoms with van der Waals surface area (Å²) in [6, 6.07) is 9.71. The predicted molar refractivity (Wildman–Crippen MR) is 97.5 cm³/mol. The lowest BCUT2D eigenvalue weighted by molar-refractivity contribution is 0.0707. The van der Waals surface area contributed by atoms with E-state index in [1.54, 1.807) is 0 Å². The number of halogens is 1. The Bertz CT molecular complexity index is 380. The standard InChI is InChI=1S/C17H29BrO3Si/c1-4-19-22(20-5-2,21-6-3)14-8-7-9-16-10-12-17(15-18)13-11-16/h10-13H,4-9,14-15H2,1-3H3. The van der Waals surface area contributed by atoms with Gasteiger partial charge in [0.05, 0.1) is 0 Å². The molecule has 1 rings (SSSR count). The van der Waals surface area contributed by atoms with E-state index in [4.69, 9.17) is 13.3 Å². The molecule has 0 saturated carbocycles. The van der Waals surface area contributed by atoms with Crippen LogP contribution in [0.5, 0.6) is 0 Å². The smallest absolute Gasteiger partial charge is 0.374 e. The summed E-state index contributed by atoms with van der Waals surface area (Å²) in [4.78, 5) is 0. The van der Waals surface area contributed by atoms with Gasteiger partial charge in [0.1, 0.15) is 0 Å². The molecule has 0 unspecified atom stereocenters. The Kier molecular flexibility index (Phi) is 10.2. The average Bonchev–Trinajstić information content (AvgIpc) is 2.53. The van der Waals surface area contributed by atoms with Crippen LogP contribution in [0.15, 0.2) is 24.3 Å². The number of aryl methyl sites for hydroxylation is 1. The molecule has 1 aromatic rings. The van der Waals surface area contributed by atoms with Crippen molar-refractivity contribution in [2.75, 3.05) is 19.8 Å². The van der Waals surface area contributed by atoms with Crippen LogP contribution in [0.4, 0.5) is 0 Å². The Morgan fingerprint density at radius 2 is 1.32 bits per heavy atom. The van der Waals surface area contributed by atoms with Gasteiger partial charge in [0.2, 0.25) is 0 Å². The van der Waals surface area contributed by atoms with Crippen LogP contribution in [0.3, 0.4) is 0 Å². The molecule has 0 bridgehead atoms. The monoisotopic (exact) mass is 388 g/mol. The molecular formula is C17H29BrO3Si. The Morgan fingerprint density at radius 3 is 1.77 bits per heavy atom. The lowest BCUT2D eigenvalue weighted by Gasteiger charge is -2.28. The van der Waals surface area contributed by atoms with Crippen molar-refractivity contribution in [1.29, 1.82) is 0 Å². The molecule has 0 radical (unpaired) electrons. The summed E-state index contributed by atoms with van der Waals surface area (Å²) < 4.78 is 17.6. The first kappa shape index (κ1) is 19.8. The molecule has 0 aliphatic carbocycles. The van der Waals surface area contributed by atoms with E-state index in [2.05, 4.69) is 40.2 Å². The minimum atomic E-state index is -2.45. The topological polar surface area (TPSA) is 27.7 Å². The van der Waals surface area contributed by atoms with Gasteiger partial charge in [-0.1, -0.05) is 40.2 Å². The fourth-order valence-corrected chi connectivity index (χ4v) is 5.53. The van der Waals surface area contributed by atoms with Gasteiger partial charge in [0.25, 0.3) is 0 Å². The molecule has 126 valence electrons. The molecule has 0 aliphatic rings. The fraction of sp³-hybridized carbons (Fsp3) is 0.647. The minimum absolute atomic E-state index is 0.653. The van der Waals surface area contributed by atoms with Gasteiger partial charge < -0.3 is 13.3 Å². The maximum absolute atomic E-state index is 5.88. The largest absolute Gasteiger partial charge is 0.500 e. The molecule has 0 spiro atoms. The van der Waals surface area contributed by atoms with Gasteiger partial charge in [-0.15, -0.1) is 0 Å². The van der Waals surface area contributed by atoms with Gasteiger partial charge in [-0.3, -0.25) is 0 Å². The summed E-state index contributed by atoms with van der Waals surface area (Å²) in [5, 5.41) is 0.915. The van der Waals surface area contributed by atoms with Crippen molar-refractivity contribution in [2.24, 2.45) is 0 Å².